The molecule has 2 unspecified atom stereocenters. The summed E-state index contributed by atoms with van der Waals surface area (Å²) in [6.45, 7) is 1.06. The van der Waals surface area contributed by atoms with E-state index < -0.39 is 17.4 Å². The Morgan fingerprint density at radius 1 is 1.12 bits per heavy atom. The van der Waals surface area contributed by atoms with Gasteiger partial charge in [0.15, 0.2) is 0 Å². The molecule has 0 radical (unpaired) electrons. The number of aliphatic carboxylic acids is 2. The lowest BCUT2D eigenvalue weighted by Crippen LogP contribution is -2.36. The molecule has 0 spiro atoms. The number of hydrogen-bond donors (Lipinski definition) is 2. The van der Waals surface area contributed by atoms with Crippen molar-refractivity contribution in [1.29, 1.82) is 0 Å². The molecule has 90 valence electrons. The van der Waals surface area contributed by atoms with Gasteiger partial charge in [0, 0.05) is 0 Å². The van der Waals surface area contributed by atoms with Crippen molar-refractivity contribution < 1.29 is 29.3 Å². The Morgan fingerprint density at radius 2 is 1.56 bits per heavy atom. The molecule has 16 heavy (non-hydrogen) atoms. The number of ether oxygens (including phenoxy) is 2. The fourth-order valence-electron chi connectivity index (χ4n) is 2.01. The Labute approximate surface area is 92.2 Å². The van der Waals surface area contributed by atoms with Crippen LogP contribution in [0.15, 0.2) is 0 Å². The number of hydrogen-bond acceptors (Lipinski definition) is 4. The summed E-state index contributed by atoms with van der Waals surface area (Å²) in [5, 5.41) is 18.1. The van der Waals surface area contributed by atoms with E-state index in [9.17, 15) is 14.7 Å². The minimum Gasteiger partial charge on any atom is -0.481 e. The van der Waals surface area contributed by atoms with Crippen LogP contribution in [0.25, 0.3) is 0 Å². The molecule has 0 aromatic rings. The van der Waals surface area contributed by atoms with Crippen molar-refractivity contribution in [2.24, 2.45) is 5.41 Å². The van der Waals surface area contributed by atoms with E-state index in [0.29, 0.717) is 13.2 Å². The van der Waals surface area contributed by atoms with Gasteiger partial charge < -0.3 is 19.7 Å². The van der Waals surface area contributed by atoms with E-state index in [1.165, 1.54) is 0 Å². The standard InChI is InChI=1S/C10H14O6/c11-8(12)3-10(9(13)14,1-6-4-15-6)2-7-5-16-7/h6-7H,1-5H2,(H,11,12)(H,13,14). The normalized spacial score (nSPS) is 30.5. The summed E-state index contributed by atoms with van der Waals surface area (Å²) in [6.07, 6.45) is -0.0613. The zero-order valence-corrected chi connectivity index (χ0v) is 8.72. The zero-order chi connectivity index (χ0) is 11.8. The van der Waals surface area contributed by atoms with Crippen molar-refractivity contribution in [3.8, 4) is 0 Å². The highest BCUT2D eigenvalue weighted by Gasteiger charge is 2.49. The average molecular weight is 230 g/mol. The van der Waals surface area contributed by atoms with Gasteiger partial charge in [-0.15, -0.1) is 0 Å². The molecule has 2 aliphatic rings. The third-order valence-electron chi connectivity index (χ3n) is 2.98. The molecule has 6 heteroatoms. The predicted molar refractivity (Wildman–Crippen MR) is 51.0 cm³/mol. The lowest BCUT2D eigenvalue weighted by molar-refractivity contribution is -0.157. The Kier molecular flexibility index (Phi) is 2.86. The lowest BCUT2D eigenvalue weighted by atomic mass is 9.76. The molecular formula is C10H14O6. The first-order valence-electron chi connectivity index (χ1n) is 5.20. The van der Waals surface area contributed by atoms with Gasteiger partial charge in [0.2, 0.25) is 0 Å². The maximum atomic E-state index is 11.3. The third-order valence-corrected chi connectivity index (χ3v) is 2.98. The first kappa shape index (κ1) is 11.3. The van der Waals surface area contributed by atoms with Crippen LogP contribution in [-0.2, 0) is 19.1 Å². The van der Waals surface area contributed by atoms with Crippen molar-refractivity contribution in [2.45, 2.75) is 31.5 Å². The van der Waals surface area contributed by atoms with Crippen LogP contribution in [0.4, 0.5) is 0 Å². The Morgan fingerprint density at radius 3 is 1.81 bits per heavy atom. The van der Waals surface area contributed by atoms with E-state index in [1.807, 2.05) is 0 Å². The first-order chi connectivity index (χ1) is 7.52. The topological polar surface area (TPSA) is 99.7 Å². The van der Waals surface area contributed by atoms with E-state index in [1.54, 1.807) is 0 Å². The van der Waals surface area contributed by atoms with Crippen molar-refractivity contribution in [3.05, 3.63) is 0 Å². The van der Waals surface area contributed by atoms with E-state index >= 15 is 0 Å². The molecule has 2 saturated heterocycles. The van der Waals surface area contributed by atoms with E-state index in [-0.39, 0.29) is 31.5 Å². The van der Waals surface area contributed by atoms with Crippen LogP contribution in [0.5, 0.6) is 0 Å². The number of carboxylic acids is 2. The molecule has 2 N–H and O–H groups in total. The molecule has 2 fully saturated rings. The Hall–Kier alpha value is -1.14. The number of rotatable bonds is 7. The van der Waals surface area contributed by atoms with Gasteiger partial charge in [-0.05, 0) is 12.8 Å². The second-order valence-corrected chi connectivity index (χ2v) is 4.47. The predicted octanol–water partition coefficient (Wildman–Crippen LogP) is 0.110. The zero-order valence-electron chi connectivity index (χ0n) is 8.72. The minimum absolute atomic E-state index is 0.103. The Bertz CT molecular complexity index is 290. The maximum Gasteiger partial charge on any atom is 0.310 e. The van der Waals surface area contributed by atoms with Gasteiger partial charge in [-0.2, -0.15) is 0 Å². The summed E-state index contributed by atoms with van der Waals surface area (Å²) in [5.41, 5.74) is -1.24. The molecule has 2 heterocycles. The van der Waals surface area contributed by atoms with Crippen LogP contribution in [0.1, 0.15) is 19.3 Å². The summed E-state index contributed by atoms with van der Waals surface area (Å²) in [6, 6.07) is 0. The number of carbonyl (C=O) groups is 2. The highest BCUT2D eigenvalue weighted by Crippen LogP contribution is 2.40. The fraction of sp³-hybridized carbons (Fsp3) is 0.800. The molecular weight excluding hydrogens is 216 g/mol. The Balaban J connectivity index is 2.09. The van der Waals surface area contributed by atoms with Crippen LogP contribution in [-0.4, -0.2) is 47.6 Å². The molecule has 0 bridgehead atoms. The first-order valence-corrected chi connectivity index (χ1v) is 5.20. The third kappa shape index (κ3) is 2.70. The second-order valence-electron chi connectivity index (χ2n) is 4.47. The monoisotopic (exact) mass is 230 g/mol. The van der Waals surface area contributed by atoms with Gasteiger partial charge in [0.25, 0.3) is 0 Å². The van der Waals surface area contributed by atoms with Gasteiger partial charge in [-0.1, -0.05) is 0 Å². The van der Waals surface area contributed by atoms with Crippen molar-refractivity contribution >= 4 is 11.9 Å². The summed E-state index contributed by atoms with van der Waals surface area (Å²) in [5.74, 6) is -2.16. The van der Waals surface area contributed by atoms with Crippen molar-refractivity contribution in [1.82, 2.24) is 0 Å². The second kappa shape index (κ2) is 4.03. The van der Waals surface area contributed by atoms with Gasteiger partial charge in [-0.3, -0.25) is 9.59 Å². The SMILES string of the molecule is O=C(O)CC(CC1CO1)(CC1CO1)C(=O)O. The van der Waals surface area contributed by atoms with Crippen molar-refractivity contribution in [2.75, 3.05) is 13.2 Å². The smallest absolute Gasteiger partial charge is 0.310 e. The molecule has 0 saturated carbocycles. The number of epoxide rings is 2. The summed E-state index contributed by atoms with van der Waals surface area (Å²) < 4.78 is 10.0. The van der Waals surface area contributed by atoms with Gasteiger partial charge in [0.05, 0.1) is 37.3 Å². The van der Waals surface area contributed by atoms with Crippen LogP contribution < -0.4 is 0 Å². The molecule has 6 nitrogen and oxygen atoms in total. The van der Waals surface area contributed by atoms with Crippen LogP contribution >= 0.6 is 0 Å². The summed E-state index contributed by atoms with van der Waals surface area (Å²) in [4.78, 5) is 22.1. The molecule has 2 rings (SSSR count). The molecule has 0 amide bonds. The van der Waals surface area contributed by atoms with Crippen LogP contribution in [0.2, 0.25) is 0 Å². The minimum atomic E-state index is -1.24. The molecule has 0 aromatic carbocycles. The largest absolute Gasteiger partial charge is 0.481 e. The number of carboxylic acid groups (broad SMARTS) is 2. The maximum absolute atomic E-state index is 11.3. The van der Waals surface area contributed by atoms with Gasteiger partial charge >= 0.3 is 11.9 Å². The highest BCUT2D eigenvalue weighted by molar-refractivity contribution is 5.81. The highest BCUT2D eigenvalue weighted by atomic mass is 16.6. The molecule has 2 aliphatic heterocycles. The molecule has 0 aliphatic carbocycles. The summed E-state index contributed by atoms with van der Waals surface area (Å²) >= 11 is 0. The van der Waals surface area contributed by atoms with E-state index in [2.05, 4.69) is 0 Å². The van der Waals surface area contributed by atoms with E-state index in [0.717, 1.165) is 0 Å². The van der Waals surface area contributed by atoms with Crippen molar-refractivity contribution in [3.63, 3.8) is 0 Å². The van der Waals surface area contributed by atoms with Gasteiger partial charge in [-0.25, -0.2) is 0 Å². The van der Waals surface area contributed by atoms with E-state index in [4.69, 9.17) is 14.6 Å². The summed E-state index contributed by atoms with van der Waals surface area (Å²) in [7, 11) is 0. The lowest BCUT2D eigenvalue weighted by Gasteiger charge is -2.26. The quantitative estimate of drug-likeness (QED) is 0.602. The molecule has 0 aromatic heterocycles. The average Bonchev–Trinajstić information content (AvgIpc) is 2.98. The molecule has 2 atom stereocenters. The fourth-order valence-corrected chi connectivity index (χ4v) is 2.01. The van der Waals surface area contributed by atoms with Crippen LogP contribution in [0, 0.1) is 5.41 Å². The van der Waals surface area contributed by atoms with Gasteiger partial charge in [0.1, 0.15) is 0 Å². The van der Waals surface area contributed by atoms with Crippen LogP contribution in [0.3, 0.4) is 0 Å².